The maximum atomic E-state index is 5.17. The van der Waals surface area contributed by atoms with Crippen molar-refractivity contribution in [3.63, 3.8) is 0 Å². The maximum absolute atomic E-state index is 5.17. The van der Waals surface area contributed by atoms with Gasteiger partial charge in [0.2, 0.25) is 5.52 Å². The minimum absolute atomic E-state index is 0.209. The standard InChI is InChI=1S/C36H38N5/c1-19-17-20(2)29-26(21(19)3)30-27-22(15-16-40(30)10)18-24(28-23-13-11-12-14-25(23)41(29)31(27)28)32-37-33(35(4,5)6)39-34(38-32)36(7,8)9/h11-18H,1-10H3/q+1. The zero-order valence-electron chi connectivity index (χ0n) is 25.9. The average Bonchev–Trinajstić information content (AvgIpc) is 3.25. The van der Waals surface area contributed by atoms with Crippen LogP contribution in [0, 0.1) is 20.8 Å². The fourth-order valence-corrected chi connectivity index (χ4v) is 6.54. The second kappa shape index (κ2) is 8.22. The number of pyridine rings is 2. The molecule has 0 amide bonds. The normalized spacial score (nSPS) is 13.1. The highest BCUT2D eigenvalue weighted by molar-refractivity contribution is 6.30. The van der Waals surface area contributed by atoms with Gasteiger partial charge in [-0.25, -0.2) is 19.5 Å². The minimum Gasteiger partial charge on any atom is -0.307 e. The van der Waals surface area contributed by atoms with Crippen LogP contribution in [0.5, 0.6) is 0 Å². The van der Waals surface area contributed by atoms with Gasteiger partial charge < -0.3 is 4.40 Å². The zero-order valence-corrected chi connectivity index (χ0v) is 25.9. The van der Waals surface area contributed by atoms with Crippen LogP contribution < -0.4 is 4.57 Å². The number of rotatable bonds is 1. The van der Waals surface area contributed by atoms with Crippen molar-refractivity contribution in [1.82, 2.24) is 19.4 Å². The van der Waals surface area contributed by atoms with Gasteiger partial charge in [0.1, 0.15) is 18.7 Å². The molecule has 0 aliphatic heterocycles. The molecule has 4 aromatic heterocycles. The molecular weight excluding hydrogens is 502 g/mol. The van der Waals surface area contributed by atoms with Crippen LogP contribution in [-0.4, -0.2) is 19.4 Å². The van der Waals surface area contributed by atoms with Crippen LogP contribution in [-0.2, 0) is 17.9 Å². The molecule has 5 heteroatoms. The molecule has 0 bridgehead atoms. The van der Waals surface area contributed by atoms with Gasteiger partial charge in [0.05, 0.1) is 27.3 Å². The quantitative estimate of drug-likeness (QED) is 0.120. The Morgan fingerprint density at radius 3 is 2.02 bits per heavy atom. The molecule has 0 fully saturated rings. The van der Waals surface area contributed by atoms with Gasteiger partial charge in [-0.2, -0.15) is 0 Å². The number of aromatic nitrogens is 5. The summed E-state index contributed by atoms with van der Waals surface area (Å²) in [5.41, 5.74) is 9.56. The number of para-hydroxylation sites is 1. The summed E-state index contributed by atoms with van der Waals surface area (Å²) in [4.78, 5) is 15.3. The van der Waals surface area contributed by atoms with Gasteiger partial charge in [-0.1, -0.05) is 65.8 Å². The predicted octanol–water partition coefficient (Wildman–Crippen LogP) is 8.19. The lowest BCUT2D eigenvalue weighted by Crippen LogP contribution is -2.29. The molecule has 41 heavy (non-hydrogen) atoms. The molecule has 206 valence electrons. The van der Waals surface area contributed by atoms with Gasteiger partial charge in [-0.15, -0.1) is 0 Å². The molecular formula is C36H38N5+. The molecule has 0 saturated heterocycles. The van der Waals surface area contributed by atoms with E-state index in [1.807, 2.05) is 0 Å². The van der Waals surface area contributed by atoms with Crippen molar-refractivity contribution in [2.75, 3.05) is 0 Å². The molecule has 0 spiro atoms. The SMILES string of the molecule is Cc1cc(C)c2c(c1C)c1c3c(cc[n+]1C)cc(-c1nc(C(C)(C)C)nc(C(C)(C)C)n1)c1c4ccccc4n2c13. The van der Waals surface area contributed by atoms with Crippen LogP contribution in [0.1, 0.15) is 69.9 Å². The van der Waals surface area contributed by atoms with E-state index in [-0.39, 0.29) is 10.8 Å². The van der Waals surface area contributed by atoms with E-state index in [2.05, 4.69) is 127 Å². The second-order valence-corrected chi connectivity index (χ2v) is 13.9. The fourth-order valence-electron chi connectivity index (χ4n) is 6.54. The molecule has 7 aromatic rings. The third kappa shape index (κ3) is 3.54. The Labute approximate surface area is 241 Å². The van der Waals surface area contributed by atoms with Crippen LogP contribution >= 0.6 is 0 Å². The highest BCUT2D eigenvalue weighted by atomic mass is 15.1. The van der Waals surface area contributed by atoms with Crippen LogP contribution in [0.3, 0.4) is 0 Å². The van der Waals surface area contributed by atoms with E-state index < -0.39 is 0 Å². The average molecular weight is 541 g/mol. The van der Waals surface area contributed by atoms with E-state index in [9.17, 15) is 0 Å². The maximum Gasteiger partial charge on any atom is 0.224 e. The van der Waals surface area contributed by atoms with E-state index in [1.54, 1.807) is 0 Å². The summed E-state index contributed by atoms with van der Waals surface area (Å²) in [6.45, 7) is 19.8. The molecule has 0 saturated carbocycles. The van der Waals surface area contributed by atoms with Gasteiger partial charge in [0.15, 0.2) is 12.0 Å². The summed E-state index contributed by atoms with van der Waals surface area (Å²) in [6.07, 6.45) is 2.20. The van der Waals surface area contributed by atoms with E-state index in [0.717, 1.165) is 23.0 Å². The van der Waals surface area contributed by atoms with Crippen molar-refractivity contribution in [3.05, 3.63) is 77.0 Å². The summed E-state index contributed by atoms with van der Waals surface area (Å²) >= 11 is 0. The van der Waals surface area contributed by atoms with Crippen LogP contribution in [0.4, 0.5) is 0 Å². The Kier molecular flexibility index (Phi) is 5.18. The second-order valence-electron chi connectivity index (χ2n) is 13.9. The zero-order chi connectivity index (χ0) is 29.2. The van der Waals surface area contributed by atoms with Crippen molar-refractivity contribution in [2.24, 2.45) is 7.05 Å². The Hall–Kier alpha value is -4.12. The lowest BCUT2D eigenvalue weighted by atomic mass is 9.92. The molecule has 3 aromatic carbocycles. The topological polar surface area (TPSA) is 47.0 Å². The third-order valence-electron chi connectivity index (χ3n) is 8.72. The Morgan fingerprint density at radius 2 is 1.37 bits per heavy atom. The van der Waals surface area contributed by atoms with E-state index in [1.165, 1.54) is 65.7 Å². The van der Waals surface area contributed by atoms with Crippen LogP contribution in [0.25, 0.3) is 60.4 Å². The highest BCUT2D eigenvalue weighted by Crippen LogP contribution is 2.45. The smallest absolute Gasteiger partial charge is 0.224 e. The number of nitrogens with zero attached hydrogens (tertiary/aromatic N) is 5. The monoisotopic (exact) mass is 540 g/mol. The number of benzene rings is 3. The minimum atomic E-state index is -0.209. The molecule has 5 nitrogen and oxygen atoms in total. The van der Waals surface area contributed by atoms with E-state index in [0.29, 0.717) is 0 Å². The van der Waals surface area contributed by atoms with Crippen molar-refractivity contribution in [2.45, 2.75) is 73.1 Å². The molecule has 7 rings (SSSR count). The van der Waals surface area contributed by atoms with Gasteiger partial charge in [0, 0.05) is 33.2 Å². The molecule has 0 unspecified atom stereocenters. The van der Waals surface area contributed by atoms with Crippen molar-refractivity contribution in [1.29, 1.82) is 0 Å². The number of hydrogen-bond acceptors (Lipinski definition) is 3. The van der Waals surface area contributed by atoms with Crippen LogP contribution in [0.15, 0.2) is 48.7 Å². The first-order chi connectivity index (χ1) is 19.3. The Bertz CT molecular complexity index is 2170. The third-order valence-corrected chi connectivity index (χ3v) is 8.72. The first-order valence-corrected chi connectivity index (χ1v) is 14.5. The van der Waals surface area contributed by atoms with Crippen molar-refractivity contribution < 1.29 is 4.57 Å². The summed E-state index contributed by atoms with van der Waals surface area (Å²) in [7, 11) is 2.17. The number of hydrogen-bond donors (Lipinski definition) is 0. The molecule has 0 atom stereocenters. The summed E-state index contributed by atoms with van der Waals surface area (Å²) in [5.74, 6) is 2.39. The summed E-state index contributed by atoms with van der Waals surface area (Å²) in [5, 5.41) is 6.23. The highest BCUT2D eigenvalue weighted by Gasteiger charge is 2.30. The molecule has 0 aliphatic rings. The number of aryl methyl sites for hydroxylation is 4. The molecule has 0 radical (unpaired) electrons. The lowest BCUT2D eigenvalue weighted by Gasteiger charge is -2.23. The van der Waals surface area contributed by atoms with Gasteiger partial charge in [-0.05, 0) is 55.0 Å². The Balaban J connectivity index is 1.80. The van der Waals surface area contributed by atoms with E-state index in [4.69, 9.17) is 15.0 Å². The van der Waals surface area contributed by atoms with Gasteiger partial charge in [-0.3, -0.25) is 0 Å². The Morgan fingerprint density at radius 1 is 0.707 bits per heavy atom. The van der Waals surface area contributed by atoms with Gasteiger partial charge >= 0.3 is 0 Å². The summed E-state index contributed by atoms with van der Waals surface area (Å²) in [6, 6.07) is 15.7. The number of fused-ring (bicyclic) bond motifs is 6. The molecule has 0 N–H and O–H groups in total. The van der Waals surface area contributed by atoms with Gasteiger partial charge in [0.25, 0.3) is 0 Å². The predicted molar refractivity (Wildman–Crippen MR) is 170 cm³/mol. The lowest BCUT2D eigenvalue weighted by molar-refractivity contribution is -0.643. The fraction of sp³-hybridized carbons (Fsp3) is 0.333. The van der Waals surface area contributed by atoms with Crippen molar-refractivity contribution >= 4 is 49.0 Å². The van der Waals surface area contributed by atoms with Crippen molar-refractivity contribution in [3.8, 4) is 11.4 Å². The first kappa shape index (κ1) is 25.8. The summed E-state index contributed by atoms with van der Waals surface area (Å²) < 4.78 is 4.81. The first-order valence-electron chi connectivity index (χ1n) is 14.5. The molecule has 4 heterocycles. The largest absolute Gasteiger partial charge is 0.307 e. The molecule has 0 aliphatic carbocycles. The van der Waals surface area contributed by atoms with Crippen LogP contribution in [0.2, 0.25) is 0 Å². The van der Waals surface area contributed by atoms with E-state index >= 15 is 0 Å².